The van der Waals surface area contributed by atoms with E-state index in [4.69, 9.17) is 9.68 Å². The second kappa shape index (κ2) is 10.1. The summed E-state index contributed by atoms with van der Waals surface area (Å²) in [5.41, 5.74) is 3.52. The molecule has 6 nitrogen and oxygen atoms in total. The standard InChI is InChI=1S/C27H22FN3O3/c1-18(32)30-24-9-10-25-22(12-27(33)34-26(25)13-24)17-31(16-21-3-2-4-23(28)11-21)15-20-7-5-19(14-29)6-8-20/h2-13H,15-17H2,1H3,(H,30,32). The molecule has 0 saturated carbocycles. The Labute approximate surface area is 195 Å². The number of carbonyl (C=O) groups excluding carboxylic acids is 1. The van der Waals surface area contributed by atoms with Crippen molar-refractivity contribution in [1.82, 2.24) is 4.90 Å². The van der Waals surface area contributed by atoms with Crippen molar-refractivity contribution in [1.29, 1.82) is 5.26 Å². The molecule has 0 bridgehead atoms. The molecule has 1 aromatic heterocycles. The van der Waals surface area contributed by atoms with Crippen molar-refractivity contribution in [3.8, 4) is 6.07 Å². The molecular formula is C27H22FN3O3. The van der Waals surface area contributed by atoms with Crippen LogP contribution < -0.4 is 10.9 Å². The Morgan fingerprint density at radius 2 is 1.76 bits per heavy atom. The highest BCUT2D eigenvalue weighted by Gasteiger charge is 2.14. The van der Waals surface area contributed by atoms with Crippen LogP contribution in [0, 0.1) is 17.1 Å². The van der Waals surface area contributed by atoms with E-state index < -0.39 is 5.63 Å². The molecule has 0 aliphatic rings. The quantitative estimate of drug-likeness (QED) is 0.398. The molecule has 0 saturated heterocycles. The lowest BCUT2D eigenvalue weighted by Gasteiger charge is -2.23. The third kappa shape index (κ3) is 5.74. The molecule has 1 N–H and O–H groups in total. The summed E-state index contributed by atoms with van der Waals surface area (Å²) >= 11 is 0. The normalized spacial score (nSPS) is 10.9. The van der Waals surface area contributed by atoms with Crippen LogP contribution in [-0.4, -0.2) is 10.8 Å². The highest BCUT2D eigenvalue weighted by Crippen LogP contribution is 2.24. The van der Waals surface area contributed by atoms with Crippen LogP contribution in [0.1, 0.15) is 29.2 Å². The van der Waals surface area contributed by atoms with Gasteiger partial charge in [0, 0.05) is 49.8 Å². The lowest BCUT2D eigenvalue weighted by molar-refractivity contribution is -0.114. The summed E-state index contributed by atoms with van der Waals surface area (Å²) < 4.78 is 19.2. The summed E-state index contributed by atoms with van der Waals surface area (Å²) in [4.78, 5) is 25.8. The first kappa shape index (κ1) is 22.9. The first-order valence-corrected chi connectivity index (χ1v) is 10.7. The van der Waals surface area contributed by atoms with Crippen molar-refractivity contribution >= 4 is 22.6 Å². The predicted molar refractivity (Wildman–Crippen MR) is 127 cm³/mol. The van der Waals surface area contributed by atoms with Gasteiger partial charge in [-0.1, -0.05) is 24.3 Å². The number of rotatable bonds is 7. The van der Waals surface area contributed by atoms with Gasteiger partial charge in [-0.2, -0.15) is 5.26 Å². The minimum atomic E-state index is -0.494. The molecule has 0 unspecified atom stereocenters. The van der Waals surface area contributed by atoms with Gasteiger partial charge in [0.25, 0.3) is 0 Å². The fourth-order valence-corrected chi connectivity index (χ4v) is 3.89. The molecule has 34 heavy (non-hydrogen) atoms. The molecule has 170 valence electrons. The summed E-state index contributed by atoms with van der Waals surface area (Å²) in [6.07, 6.45) is 0. The van der Waals surface area contributed by atoms with Crippen LogP contribution in [0.3, 0.4) is 0 Å². The maximum Gasteiger partial charge on any atom is 0.336 e. The average molecular weight is 455 g/mol. The van der Waals surface area contributed by atoms with Crippen LogP contribution in [0.5, 0.6) is 0 Å². The van der Waals surface area contributed by atoms with E-state index in [0.29, 0.717) is 36.5 Å². The third-order valence-electron chi connectivity index (χ3n) is 5.33. The van der Waals surface area contributed by atoms with Gasteiger partial charge in [0.1, 0.15) is 11.4 Å². The van der Waals surface area contributed by atoms with Crippen LogP contribution in [-0.2, 0) is 24.4 Å². The average Bonchev–Trinajstić information content (AvgIpc) is 2.79. The van der Waals surface area contributed by atoms with Gasteiger partial charge in [-0.05, 0) is 53.1 Å². The molecule has 3 aromatic carbocycles. The lowest BCUT2D eigenvalue weighted by Crippen LogP contribution is -2.23. The number of fused-ring (bicyclic) bond motifs is 1. The van der Waals surface area contributed by atoms with Crippen LogP contribution in [0.25, 0.3) is 11.0 Å². The molecule has 1 amide bonds. The first-order chi connectivity index (χ1) is 16.4. The molecule has 0 aliphatic carbocycles. The van der Waals surface area contributed by atoms with Gasteiger partial charge >= 0.3 is 5.63 Å². The van der Waals surface area contributed by atoms with Crippen molar-refractivity contribution < 1.29 is 13.6 Å². The van der Waals surface area contributed by atoms with Gasteiger partial charge in [-0.3, -0.25) is 9.69 Å². The van der Waals surface area contributed by atoms with E-state index in [-0.39, 0.29) is 11.7 Å². The molecule has 0 atom stereocenters. The molecule has 4 aromatic rings. The lowest BCUT2D eigenvalue weighted by atomic mass is 10.1. The largest absolute Gasteiger partial charge is 0.423 e. The van der Waals surface area contributed by atoms with Crippen LogP contribution in [0.4, 0.5) is 10.1 Å². The Bertz CT molecular complexity index is 1440. The number of amides is 1. The van der Waals surface area contributed by atoms with Crippen molar-refractivity contribution in [2.24, 2.45) is 0 Å². The van der Waals surface area contributed by atoms with Crippen LogP contribution >= 0.6 is 0 Å². The molecule has 0 spiro atoms. The van der Waals surface area contributed by atoms with Crippen LogP contribution in [0.15, 0.2) is 82.0 Å². The van der Waals surface area contributed by atoms with Crippen molar-refractivity contribution in [3.63, 3.8) is 0 Å². The third-order valence-corrected chi connectivity index (χ3v) is 5.33. The smallest absolute Gasteiger partial charge is 0.336 e. The van der Waals surface area contributed by atoms with E-state index in [9.17, 15) is 14.0 Å². The van der Waals surface area contributed by atoms with Gasteiger partial charge in [0.2, 0.25) is 5.91 Å². The van der Waals surface area contributed by atoms with E-state index in [1.165, 1.54) is 25.1 Å². The Hall–Kier alpha value is -4.28. The van der Waals surface area contributed by atoms with E-state index in [0.717, 1.165) is 22.1 Å². The maximum atomic E-state index is 13.8. The van der Waals surface area contributed by atoms with Gasteiger partial charge < -0.3 is 9.73 Å². The zero-order valence-electron chi connectivity index (χ0n) is 18.5. The predicted octanol–water partition coefficient (Wildman–Crippen LogP) is 4.96. The number of carbonyl (C=O) groups is 1. The number of nitrogens with one attached hydrogen (secondary N) is 1. The minimum absolute atomic E-state index is 0.221. The SMILES string of the molecule is CC(=O)Nc1ccc2c(CN(Cc3ccc(C#N)cc3)Cc3cccc(F)c3)cc(=O)oc2c1. The monoisotopic (exact) mass is 455 g/mol. The Morgan fingerprint density at radius 1 is 1.00 bits per heavy atom. The van der Waals surface area contributed by atoms with E-state index in [1.807, 2.05) is 18.2 Å². The van der Waals surface area contributed by atoms with Crippen LogP contribution in [0.2, 0.25) is 0 Å². The van der Waals surface area contributed by atoms with Crippen molar-refractivity contribution in [2.45, 2.75) is 26.6 Å². The first-order valence-electron chi connectivity index (χ1n) is 10.7. The Balaban J connectivity index is 1.68. The van der Waals surface area contributed by atoms with Gasteiger partial charge in [0.15, 0.2) is 0 Å². The topological polar surface area (TPSA) is 86.3 Å². The van der Waals surface area contributed by atoms with E-state index in [1.54, 1.807) is 36.4 Å². The fourth-order valence-electron chi connectivity index (χ4n) is 3.89. The summed E-state index contributed by atoms with van der Waals surface area (Å²) in [6, 6.07) is 22.4. The molecular weight excluding hydrogens is 433 g/mol. The number of benzene rings is 3. The second-order valence-corrected chi connectivity index (χ2v) is 8.07. The molecule has 7 heteroatoms. The molecule has 0 aliphatic heterocycles. The van der Waals surface area contributed by atoms with Gasteiger partial charge in [-0.25, -0.2) is 9.18 Å². The second-order valence-electron chi connectivity index (χ2n) is 8.07. The molecule has 0 fully saturated rings. The minimum Gasteiger partial charge on any atom is -0.423 e. The number of halogens is 1. The highest BCUT2D eigenvalue weighted by atomic mass is 19.1. The molecule has 0 radical (unpaired) electrons. The van der Waals surface area contributed by atoms with E-state index >= 15 is 0 Å². The zero-order valence-corrected chi connectivity index (χ0v) is 18.5. The van der Waals surface area contributed by atoms with Gasteiger partial charge in [0.05, 0.1) is 11.6 Å². The zero-order chi connectivity index (χ0) is 24.1. The number of hydrogen-bond donors (Lipinski definition) is 1. The summed E-state index contributed by atoms with van der Waals surface area (Å²) in [6.45, 7) is 2.78. The number of nitriles is 1. The number of hydrogen-bond acceptors (Lipinski definition) is 5. The highest BCUT2D eigenvalue weighted by molar-refractivity contribution is 5.92. The summed E-state index contributed by atoms with van der Waals surface area (Å²) in [7, 11) is 0. The number of anilines is 1. The Morgan fingerprint density at radius 3 is 2.47 bits per heavy atom. The number of nitrogens with zero attached hydrogens (tertiary/aromatic N) is 2. The summed E-state index contributed by atoms with van der Waals surface area (Å²) in [5, 5.41) is 12.5. The summed E-state index contributed by atoms with van der Waals surface area (Å²) in [5.74, 6) is -0.534. The van der Waals surface area contributed by atoms with Gasteiger partial charge in [-0.15, -0.1) is 0 Å². The molecule has 1 heterocycles. The molecule has 4 rings (SSSR count). The maximum absolute atomic E-state index is 13.8. The van der Waals surface area contributed by atoms with Crippen molar-refractivity contribution in [3.05, 3.63) is 111 Å². The fraction of sp³-hybridized carbons (Fsp3) is 0.148. The Kier molecular flexibility index (Phi) is 6.81. The van der Waals surface area contributed by atoms with E-state index in [2.05, 4.69) is 16.3 Å². The van der Waals surface area contributed by atoms with Crippen molar-refractivity contribution in [2.75, 3.05) is 5.32 Å².